The number of sulfonamides is 1. The Balaban J connectivity index is 1.54. The Morgan fingerprint density at radius 2 is 1.73 bits per heavy atom. The van der Waals surface area contributed by atoms with Gasteiger partial charge >= 0.3 is 6.18 Å². The standard InChI is InChI=1S/C28H36F3N3O5S/c1-19(2)16-23-26(35)34(13-10-20-8-9-24(38-3)25(17-20)39-4)27(32-23)11-14-33(15-12-27)40(36,37)22-7-5-6-21(18-22)28(29,30)31/h5-9,17-19,23,32H,10-16H2,1-4H3/t23-/m1/s1. The zero-order valence-corrected chi connectivity index (χ0v) is 23.9. The van der Waals surface area contributed by atoms with E-state index in [0.717, 1.165) is 17.7 Å². The van der Waals surface area contributed by atoms with Crippen LogP contribution in [0.1, 0.15) is 44.2 Å². The number of carbonyl (C=O) groups is 1. The van der Waals surface area contributed by atoms with Crippen molar-refractivity contribution in [3.05, 3.63) is 53.6 Å². The first-order chi connectivity index (χ1) is 18.8. The van der Waals surface area contributed by atoms with Crippen molar-refractivity contribution in [1.82, 2.24) is 14.5 Å². The molecule has 4 rings (SSSR count). The minimum Gasteiger partial charge on any atom is -0.493 e. The lowest BCUT2D eigenvalue weighted by Gasteiger charge is -2.44. The summed E-state index contributed by atoms with van der Waals surface area (Å²) < 4.78 is 78.1. The number of nitrogens with one attached hydrogen (secondary N) is 1. The molecule has 1 atom stereocenters. The molecule has 2 aromatic carbocycles. The van der Waals surface area contributed by atoms with Crippen LogP contribution in [0.3, 0.4) is 0 Å². The molecule has 1 amide bonds. The maximum atomic E-state index is 13.6. The molecule has 2 saturated heterocycles. The number of piperidine rings is 1. The molecule has 0 bridgehead atoms. The fourth-order valence-electron chi connectivity index (χ4n) is 5.59. The van der Waals surface area contributed by atoms with Gasteiger partial charge in [0.25, 0.3) is 0 Å². The average molecular weight is 584 g/mol. The molecule has 1 spiro atoms. The Morgan fingerprint density at radius 1 is 1.05 bits per heavy atom. The molecule has 2 aromatic rings. The maximum absolute atomic E-state index is 13.6. The third kappa shape index (κ3) is 6.08. The van der Waals surface area contributed by atoms with E-state index in [9.17, 15) is 26.4 Å². The van der Waals surface area contributed by atoms with Crippen LogP contribution in [0.25, 0.3) is 0 Å². The van der Waals surface area contributed by atoms with Gasteiger partial charge in [0.05, 0.1) is 36.4 Å². The summed E-state index contributed by atoms with van der Waals surface area (Å²) in [6.45, 7) is 4.63. The SMILES string of the molecule is COc1ccc(CCN2C(=O)[C@@H](CC(C)C)NC23CCN(S(=O)(=O)c2cccc(C(F)(F)F)c2)CC3)cc1OC. The number of nitrogens with zero attached hydrogens (tertiary/aromatic N) is 2. The number of alkyl halides is 3. The Kier molecular flexibility index (Phi) is 8.72. The van der Waals surface area contributed by atoms with Crippen LogP contribution in [0.15, 0.2) is 47.4 Å². The third-order valence-electron chi connectivity index (χ3n) is 7.65. The first-order valence-corrected chi connectivity index (χ1v) is 14.7. The van der Waals surface area contributed by atoms with Gasteiger partial charge < -0.3 is 14.4 Å². The monoisotopic (exact) mass is 583 g/mol. The minimum absolute atomic E-state index is 0.0247. The van der Waals surface area contributed by atoms with E-state index in [-0.39, 0.29) is 24.9 Å². The normalized spacial score (nSPS) is 19.9. The number of halogens is 3. The van der Waals surface area contributed by atoms with E-state index >= 15 is 0 Å². The molecule has 0 radical (unpaired) electrons. The fraction of sp³-hybridized carbons (Fsp3) is 0.536. The van der Waals surface area contributed by atoms with Crippen LogP contribution < -0.4 is 14.8 Å². The number of rotatable bonds is 9. The van der Waals surface area contributed by atoms with Crippen LogP contribution in [0, 0.1) is 5.92 Å². The number of methoxy groups -OCH3 is 2. The lowest BCUT2D eigenvalue weighted by Crippen LogP contribution is -2.59. The van der Waals surface area contributed by atoms with E-state index in [0.29, 0.717) is 49.8 Å². The molecular formula is C28H36F3N3O5S. The van der Waals surface area contributed by atoms with E-state index in [1.165, 1.54) is 10.4 Å². The highest BCUT2D eigenvalue weighted by molar-refractivity contribution is 7.89. The van der Waals surface area contributed by atoms with Gasteiger partial charge in [0, 0.05) is 19.6 Å². The van der Waals surface area contributed by atoms with Gasteiger partial charge in [-0.2, -0.15) is 17.5 Å². The highest BCUT2D eigenvalue weighted by Gasteiger charge is 2.52. The molecule has 0 unspecified atom stereocenters. The van der Waals surface area contributed by atoms with Gasteiger partial charge in [-0.25, -0.2) is 8.42 Å². The van der Waals surface area contributed by atoms with Crippen molar-refractivity contribution >= 4 is 15.9 Å². The zero-order chi connectivity index (χ0) is 29.3. The maximum Gasteiger partial charge on any atom is 0.416 e. The van der Waals surface area contributed by atoms with Gasteiger partial charge in [-0.3, -0.25) is 10.1 Å². The summed E-state index contributed by atoms with van der Waals surface area (Å²) in [5.74, 6) is 1.44. The van der Waals surface area contributed by atoms with Crippen LogP contribution >= 0.6 is 0 Å². The summed E-state index contributed by atoms with van der Waals surface area (Å²) in [4.78, 5) is 15.0. The highest BCUT2D eigenvalue weighted by atomic mass is 32.2. The van der Waals surface area contributed by atoms with Gasteiger partial charge in [0.2, 0.25) is 15.9 Å². The first kappa shape index (κ1) is 30.1. The predicted octanol–water partition coefficient (Wildman–Crippen LogP) is 4.29. The summed E-state index contributed by atoms with van der Waals surface area (Å²) >= 11 is 0. The van der Waals surface area contributed by atoms with Gasteiger partial charge in [0.1, 0.15) is 0 Å². The molecule has 0 aromatic heterocycles. The van der Waals surface area contributed by atoms with E-state index in [1.54, 1.807) is 14.2 Å². The fourth-order valence-corrected chi connectivity index (χ4v) is 7.08. The number of amides is 1. The van der Waals surface area contributed by atoms with Crippen LogP contribution in [-0.2, 0) is 27.4 Å². The number of carbonyl (C=O) groups excluding carboxylic acids is 1. The second-order valence-corrected chi connectivity index (χ2v) is 12.7. The third-order valence-corrected chi connectivity index (χ3v) is 9.55. The second-order valence-electron chi connectivity index (χ2n) is 10.7. The Hall–Kier alpha value is -2.83. The Bertz CT molecular complexity index is 1320. The van der Waals surface area contributed by atoms with Crippen LogP contribution in [0.4, 0.5) is 13.2 Å². The van der Waals surface area contributed by atoms with Crippen molar-refractivity contribution in [1.29, 1.82) is 0 Å². The molecule has 0 aliphatic carbocycles. The molecule has 8 nitrogen and oxygen atoms in total. The Morgan fingerprint density at radius 3 is 2.33 bits per heavy atom. The summed E-state index contributed by atoms with van der Waals surface area (Å²) in [5.41, 5.74) is -0.798. The van der Waals surface area contributed by atoms with Crippen LogP contribution in [-0.4, -0.2) is 69.1 Å². The average Bonchev–Trinajstić information content (AvgIpc) is 3.15. The summed E-state index contributed by atoms with van der Waals surface area (Å²) in [6.07, 6.45) is -2.82. The number of hydrogen-bond donors (Lipinski definition) is 1. The van der Waals surface area contributed by atoms with Gasteiger partial charge in [-0.15, -0.1) is 0 Å². The van der Waals surface area contributed by atoms with Crippen molar-refractivity contribution in [2.45, 2.75) is 62.3 Å². The molecule has 12 heteroatoms. The molecule has 2 heterocycles. The summed E-state index contributed by atoms with van der Waals surface area (Å²) in [6, 6.07) is 9.01. The molecule has 0 saturated carbocycles. The molecule has 40 heavy (non-hydrogen) atoms. The van der Waals surface area contributed by atoms with Gasteiger partial charge in [-0.1, -0.05) is 26.0 Å². The summed E-state index contributed by atoms with van der Waals surface area (Å²) in [5, 5.41) is 3.52. The van der Waals surface area contributed by atoms with E-state index in [1.807, 2.05) is 36.9 Å². The summed E-state index contributed by atoms with van der Waals surface area (Å²) in [7, 11) is -1.03. The lowest BCUT2D eigenvalue weighted by molar-refractivity contribution is -0.137. The van der Waals surface area contributed by atoms with Crippen LogP contribution in [0.5, 0.6) is 11.5 Å². The minimum atomic E-state index is -4.65. The van der Waals surface area contributed by atoms with E-state index < -0.39 is 38.4 Å². The molecular weight excluding hydrogens is 547 g/mol. The molecule has 2 aliphatic rings. The number of benzene rings is 2. The number of ether oxygens (including phenoxy) is 2. The van der Waals surface area contributed by atoms with Crippen molar-refractivity contribution < 1.29 is 35.9 Å². The molecule has 1 N–H and O–H groups in total. The molecule has 2 fully saturated rings. The highest BCUT2D eigenvalue weighted by Crippen LogP contribution is 2.37. The van der Waals surface area contributed by atoms with Gasteiger partial charge in [0.15, 0.2) is 11.5 Å². The van der Waals surface area contributed by atoms with E-state index in [4.69, 9.17) is 9.47 Å². The zero-order valence-electron chi connectivity index (χ0n) is 23.1. The Labute approximate surface area is 233 Å². The van der Waals surface area contributed by atoms with E-state index in [2.05, 4.69) is 5.32 Å². The molecule has 220 valence electrons. The lowest BCUT2D eigenvalue weighted by atomic mass is 9.96. The first-order valence-electron chi connectivity index (χ1n) is 13.3. The molecule has 2 aliphatic heterocycles. The van der Waals surface area contributed by atoms with Gasteiger partial charge in [-0.05, 0) is 67.5 Å². The quantitative estimate of drug-likeness (QED) is 0.474. The van der Waals surface area contributed by atoms with Crippen molar-refractivity contribution in [2.24, 2.45) is 5.92 Å². The van der Waals surface area contributed by atoms with Crippen molar-refractivity contribution in [3.8, 4) is 11.5 Å². The smallest absolute Gasteiger partial charge is 0.416 e. The number of hydrogen-bond acceptors (Lipinski definition) is 6. The predicted molar refractivity (Wildman–Crippen MR) is 144 cm³/mol. The topological polar surface area (TPSA) is 88.2 Å². The largest absolute Gasteiger partial charge is 0.493 e. The van der Waals surface area contributed by atoms with Crippen LogP contribution in [0.2, 0.25) is 0 Å². The van der Waals surface area contributed by atoms with Crippen molar-refractivity contribution in [2.75, 3.05) is 33.9 Å². The van der Waals surface area contributed by atoms with Crippen molar-refractivity contribution in [3.63, 3.8) is 0 Å². The second kappa shape index (κ2) is 11.6.